The number of likely N-dealkylation sites (tertiary alicyclic amines) is 1. The molecule has 0 aliphatic carbocycles. The monoisotopic (exact) mass is 343 g/mol. The summed E-state index contributed by atoms with van der Waals surface area (Å²) in [6, 6.07) is 11.6. The van der Waals surface area contributed by atoms with Gasteiger partial charge >= 0.3 is 6.03 Å². The van der Waals surface area contributed by atoms with Crippen LogP contribution in [0.15, 0.2) is 42.6 Å². The number of hydrogen-bond donors (Lipinski definition) is 0. The number of para-hydroxylation sites is 2. The molecule has 1 fully saturated rings. The maximum absolute atomic E-state index is 13.0. The number of pyridine rings is 1. The molecule has 0 saturated carbocycles. The Morgan fingerprint density at radius 1 is 1.21 bits per heavy atom. The first kappa shape index (κ1) is 15.3. The number of anilines is 1. The number of aromatic nitrogens is 1. The number of carbonyl (C=O) groups excluding carboxylic acids is 1. The molecule has 5 nitrogen and oxygen atoms in total. The summed E-state index contributed by atoms with van der Waals surface area (Å²) in [7, 11) is 0. The third kappa shape index (κ3) is 2.69. The van der Waals surface area contributed by atoms with Gasteiger partial charge in [-0.1, -0.05) is 29.8 Å². The maximum atomic E-state index is 13.0. The normalized spacial score (nSPS) is 19.8. The molecule has 1 aromatic carbocycles. The number of ether oxygens (including phenoxy) is 1. The van der Waals surface area contributed by atoms with Gasteiger partial charge in [0.05, 0.1) is 12.2 Å². The number of rotatable bonds is 1. The molecule has 2 aromatic rings. The van der Waals surface area contributed by atoms with Crippen molar-refractivity contribution in [3.05, 3.63) is 53.3 Å². The average Bonchev–Trinajstić information content (AvgIpc) is 3.11. The second kappa shape index (κ2) is 6.32. The van der Waals surface area contributed by atoms with Crippen LogP contribution in [0.1, 0.15) is 17.9 Å². The van der Waals surface area contributed by atoms with Crippen molar-refractivity contribution in [3.8, 4) is 5.75 Å². The van der Waals surface area contributed by atoms with Crippen LogP contribution < -0.4 is 9.64 Å². The molecule has 24 heavy (non-hydrogen) atoms. The van der Waals surface area contributed by atoms with Gasteiger partial charge in [-0.25, -0.2) is 9.78 Å². The molecule has 2 aliphatic rings. The van der Waals surface area contributed by atoms with Crippen LogP contribution in [0.5, 0.6) is 5.75 Å². The van der Waals surface area contributed by atoms with E-state index in [-0.39, 0.29) is 11.9 Å². The lowest BCUT2D eigenvalue weighted by atomic mass is 10.0. The highest BCUT2D eigenvalue weighted by molar-refractivity contribution is 6.30. The molecule has 2 aliphatic heterocycles. The van der Waals surface area contributed by atoms with E-state index in [1.807, 2.05) is 46.2 Å². The summed E-state index contributed by atoms with van der Waals surface area (Å²) in [6.45, 7) is 2.50. The predicted molar refractivity (Wildman–Crippen MR) is 92.9 cm³/mol. The first-order chi connectivity index (χ1) is 11.7. The van der Waals surface area contributed by atoms with Crippen molar-refractivity contribution < 1.29 is 9.53 Å². The Labute approximate surface area is 145 Å². The minimum Gasteiger partial charge on any atom is -0.490 e. The van der Waals surface area contributed by atoms with Gasteiger partial charge in [0.1, 0.15) is 17.5 Å². The summed E-state index contributed by atoms with van der Waals surface area (Å²) < 4.78 is 5.63. The van der Waals surface area contributed by atoms with Crippen LogP contribution >= 0.6 is 11.6 Å². The van der Waals surface area contributed by atoms with Crippen LogP contribution in [0.4, 0.5) is 10.5 Å². The van der Waals surface area contributed by atoms with Crippen LogP contribution in [0.3, 0.4) is 0 Å². The molecule has 1 aromatic heterocycles. The second-order valence-corrected chi connectivity index (χ2v) is 6.42. The molecule has 1 unspecified atom stereocenters. The lowest BCUT2D eigenvalue weighted by molar-refractivity contribution is 0.209. The lowest BCUT2D eigenvalue weighted by Crippen LogP contribution is -2.45. The highest BCUT2D eigenvalue weighted by Gasteiger charge is 2.33. The minimum absolute atomic E-state index is 0.0354. The van der Waals surface area contributed by atoms with E-state index < -0.39 is 0 Å². The lowest BCUT2D eigenvalue weighted by Gasteiger charge is -2.32. The van der Waals surface area contributed by atoms with Crippen molar-refractivity contribution in [1.82, 2.24) is 9.88 Å². The molecule has 0 N–H and O–H groups in total. The largest absolute Gasteiger partial charge is 0.490 e. The first-order valence-electron chi connectivity index (χ1n) is 8.13. The van der Waals surface area contributed by atoms with Crippen molar-refractivity contribution >= 4 is 23.3 Å². The van der Waals surface area contributed by atoms with Crippen molar-refractivity contribution in [3.63, 3.8) is 0 Å². The molecule has 0 radical (unpaired) electrons. The molecule has 1 atom stereocenters. The van der Waals surface area contributed by atoms with Crippen molar-refractivity contribution in [2.24, 2.45) is 0 Å². The molecule has 0 spiro atoms. The van der Waals surface area contributed by atoms with E-state index in [4.69, 9.17) is 16.3 Å². The molecule has 124 valence electrons. The van der Waals surface area contributed by atoms with Crippen molar-refractivity contribution in [1.29, 1.82) is 0 Å². The standard InChI is InChI=1S/C18H18ClN3O2/c19-17-14(4-3-8-20-17)13-7-9-21(12-13)18(23)22-10-11-24-16-6-2-1-5-15(16)22/h1-6,8,13H,7,9-12H2. The number of halogens is 1. The molecule has 3 heterocycles. The molecule has 2 amide bonds. The van der Waals surface area contributed by atoms with E-state index in [0.29, 0.717) is 24.8 Å². The Morgan fingerprint density at radius 3 is 2.96 bits per heavy atom. The minimum atomic E-state index is 0.0354. The number of carbonyl (C=O) groups is 1. The number of hydrogen-bond acceptors (Lipinski definition) is 3. The van der Waals surface area contributed by atoms with Crippen LogP contribution in [0, 0.1) is 0 Å². The van der Waals surface area contributed by atoms with Gasteiger partial charge in [-0.05, 0) is 30.2 Å². The van der Waals surface area contributed by atoms with Crippen LogP contribution in [0.25, 0.3) is 0 Å². The van der Waals surface area contributed by atoms with Crippen molar-refractivity contribution in [2.45, 2.75) is 12.3 Å². The van der Waals surface area contributed by atoms with Gasteiger partial charge in [0.25, 0.3) is 0 Å². The van der Waals surface area contributed by atoms with Crippen LogP contribution in [-0.2, 0) is 0 Å². The molecule has 6 heteroatoms. The van der Waals surface area contributed by atoms with Crippen LogP contribution in [-0.4, -0.2) is 42.2 Å². The van der Waals surface area contributed by atoms with Crippen LogP contribution in [0.2, 0.25) is 5.15 Å². The Morgan fingerprint density at radius 2 is 2.08 bits per heavy atom. The fourth-order valence-electron chi connectivity index (χ4n) is 3.43. The summed E-state index contributed by atoms with van der Waals surface area (Å²) in [5.74, 6) is 1.01. The van der Waals surface area contributed by atoms with E-state index in [2.05, 4.69) is 4.98 Å². The zero-order valence-corrected chi connectivity index (χ0v) is 13.9. The number of fused-ring (bicyclic) bond motifs is 1. The van der Waals surface area contributed by atoms with Gasteiger partial charge in [-0.2, -0.15) is 0 Å². The summed E-state index contributed by atoms with van der Waals surface area (Å²) in [4.78, 5) is 20.8. The zero-order chi connectivity index (χ0) is 16.5. The number of urea groups is 1. The SMILES string of the molecule is O=C(N1CCC(c2cccnc2Cl)C1)N1CCOc2ccccc21. The fourth-order valence-corrected chi connectivity index (χ4v) is 3.70. The zero-order valence-electron chi connectivity index (χ0n) is 13.2. The Bertz CT molecular complexity index is 767. The Balaban J connectivity index is 1.52. The number of nitrogens with zero attached hydrogens (tertiary/aromatic N) is 3. The smallest absolute Gasteiger partial charge is 0.324 e. The summed E-state index contributed by atoms with van der Waals surface area (Å²) in [6.07, 6.45) is 2.59. The quantitative estimate of drug-likeness (QED) is 0.744. The van der Waals surface area contributed by atoms with Gasteiger partial charge in [-0.15, -0.1) is 0 Å². The second-order valence-electron chi connectivity index (χ2n) is 6.07. The van der Waals surface area contributed by atoms with E-state index >= 15 is 0 Å². The van der Waals surface area contributed by atoms with Crippen molar-refractivity contribution in [2.75, 3.05) is 31.1 Å². The van der Waals surface area contributed by atoms with E-state index in [0.717, 1.165) is 30.0 Å². The first-order valence-corrected chi connectivity index (χ1v) is 8.50. The molecule has 1 saturated heterocycles. The summed E-state index contributed by atoms with van der Waals surface area (Å²) in [5.41, 5.74) is 1.87. The molecule has 0 bridgehead atoms. The van der Waals surface area contributed by atoms with Gasteiger partial charge in [0.15, 0.2) is 0 Å². The summed E-state index contributed by atoms with van der Waals surface area (Å²) in [5, 5.41) is 0.536. The Kier molecular flexibility index (Phi) is 4.02. The van der Waals surface area contributed by atoms with Gasteiger partial charge in [-0.3, -0.25) is 4.90 Å². The molecule has 4 rings (SSSR count). The van der Waals surface area contributed by atoms with E-state index in [9.17, 15) is 4.79 Å². The molecular formula is C18H18ClN3O2. The highest BCUT2D eigenvalue weighted by atomic mass is 35.5. The van der Waals surface area contributed by atoms with Gasteiger partial charge < -0.3 is 9.64 Å². The third-order valence-electron chi connectivity index (χ3n) is 4.65. The highest BCUT2D eigenvalue weighted by Crippen LogP contribution is 2.35. The van der Waals surface area contributed by atoms with Gasteiger partial charge in [0.2, 0.25) is 0 Å². The summed E-state index contributed by atoms with van der Waals surface area (Å²) >= 11 is 6.21. The average molecular weight is 344 g/mol. The maximum Gasteiger partial charge on any atom is 0.324 e. The van der Waals surface area contributed by atoms with Gasteiger partial charge in [0, 0.05) is 25.2 Å². The Hall–Kier alpha value is -2.27. The fraction of sp³-hybridized carbons (Fsp3) is 0.333. The van der Waals surface area contributed by atoms with E-state index in [1.165, 1.54) is 0 Å². The number of benzene rings is 1. The number of amides is 2. The third-order valence-corrected chi connectivity index (χ3v) is 4.96. The molecular weight excluding hydrogens is 326 g/mol. The topological polar surface area (TPSA) is 45.7 Å². The predicted octanol–water partition coefficient (Wildman–Crippen LogP) is 3.54. The van der Waals surface area contributed by atoms with E-state index in [1.54, 1.807) is 6.20 Å².